The number of rotatable bonds is 5. The van der Waals surface area contributed by atoms with Gasteiger partial charge in [-0.2, -0.15) is 0 Å². The molecule has 2 aromatic rings. The van der Waals surface area contributed by atoms with Crippen LogP contribution in [-0.2, 0) is 6.54 Å². The lowest BCUT2D eigenvalue weighted by atomic mass is 10.2. The van der Waals surface area contributed by atoms with Crippen LogP contribution >= 0.6 is 15.9 Å². The molecule has 1 unspecified atom stereocenters. The SMILES string of the molecule is CC(NCCn1ccnn1)c1ccc(Br)o1. The summed E-state index contributed by atoms with van der Waals surface area (Å²) in [4.78, 5) is 0. The molecule has 0 aliphatic carbocycles. The molecular weight excluding hydrogens is 272 g/mol. The summed E-state index contributed by atoms with van der Waals surface area (Å²) in [6, 6.07) is 4.04. The van der Waals surface area contributed by atoms with Crippen molar-refractivity contribution in [3.63, 3.8) is 0 Å². The Balaban J connectivity index is 1.78. The molecule has 1 N–H and O–H groups in total. The van der Waals surface area contributed by atoms with E-state index in [1.807, 2.05) is 18.3 Å². The average molecular weight is 285 g/mol. The van der Waals surface area contributed by atoms with E-state index in [0.29, 0.717) is 0 Å². The van der Waals surface area contributed by atoms with Gasteiger partial charge in [0.2, 0.25) is 0 Å². The van der Waals surface area contributed by atoms with Gasteiger partial charge in [0.1, 0.15) is 5.76 Å². The number of hydrogen-bond acceptors (Lipinski definition) is 4. The van der Waals surface area contributed by atoms with Crippen molar-refractivity contribution in [1.29, 1.82) is 0 Å². The van der Waals surface area contributed by atoms with Crippen LogP contribution in [0.15, 0.2) is 33.6 Å². The average Bonchev–Trinajstić information content (AvgIpc) is 2.89. The summed E-state index contributed by atoms with van der Waals surface area (Å²) in [5.74, 6) is 0.922. The second kappa shape index (κ2) is 5.27. The molecule has 2 heterocycles. The number of nitrogens with zero attached hydrogens (tertiary/aromatic N) is 3. The second-order valence-electron chi connectivity index (χ2n) is 3.48. The van der Waals surface area contributed by atoms with Gasteiger partial charge in [-0.1, -0.05) is 5.21 Å². The molecule has 0 bridgehead atoms. The Bertz CT molecular complexity index is 426. The Morgan fingerprint density at radius 2 is 2.44 bits per heavy atom. The minimum atomic E-state index is 0.190. The van der Waals surface area contributed by atoms with E-state index in [-0.39, 0.29) is 6.04 Å². The predicted molar refractivity (Wildman–Crippen MR) is 62.8 cm³/mol. The van der Waals surface area contributed by atoms with E-state index in [1.54, 1.807) is 10.9 Å². The molecule has 0 spiro atoms. The minimum Gasteiger partial charge on any atom is -0.453 e. The molecule has 0 radical (unpaired) electrons. The first-order valence-electron chi connectivity index (χ1n) is 5.08. The van der Waals surface area contributed by atoms with E-state index in [2.05, 4.69) is 38.5 Å². The highest BCUT2D eigenvalue weighted by Gasteiger charge is 2.08. The van der Waals surface area contributed by atoms with Gasteiger partial charge in [0, 0.05) is 12.7 Å². The van der Waals surface area contributed by atoms with Crippen molar-refractivity contribution in [2.24, 2.45) is 0 Å². The summed E-state index contributed by atoms with van der Waals surface area (Å²) >= 11 is 3.28. The van der Waals surface area contributed by atoms with Gasteiger partial charge in [-0.3, -0.25) is 4.68 Å². The molecule has 6 heteroatoms. The molecule has 0 saturated carbocycles. The highest BCUT2D eigenvalue weighted by molar-refractivity contribution is 9.10. The molecule has 2 rings (SSSR count). The van der Waals surface area contributed by atoms with Crippen LogP contribution in [0.4, 0.5) is 0 Å². The molecule has 86 valence electrons. The smallest absolute Gasteiger partial charge is 0.169 e. The van der Waals surface area contributed by atoms with Crippen LogP contribution in [0.25, 0.3) is 0 Å². The first-order valence-corrected chi connectivity index (χ1v) is 5.88. The summed E-state index contributed by atoms with van der Waals surface area (Å²) < 4.78 is 8.00. The normalized spacial score (nSPS) is 12.9. The maximum absolute atomic E-state index is 5.45. The van der Waals surface area contributed by atoms with Gasteiger partial charge in [0.15, 0.2) is 4.67 Å². The van der Waals surface area contributed by atoms with Crippen LogP contribution in [0, 0.1) is 0 Å². The highest BCUT2D eigenvalue weighted by Crippen LogP contribution is 2.19. The van der Waals surface area contributed by atoms with Crippen molar-refractivity contribution in [1.82, 2.24) is 20.3 Å². The van der Waals surface area contributed by atoms with E-state index in [9.17, 15) is 0 Å². The Morgan fingerprint density at radius 3 is 3.06 bits per heavy atom. The quantitative estimate of drug-likeness (QED) is 0.912. The zero-order chi connectivity index (χ0) is 11.4. The zero-order valence-corrected chi connectivity index (χ0v) is 10.5. The fourth-order valence-corrected chi connectivity index (χ4v) is 1.73. The molecule has 0 fully saturated rings. The standard InChI is InChI=1S/C10H13BrN4O/c1-8(9-2-3-10(11)16-9)12-4-6-15-7-5-13-14-15/h2-3,5,7-8,12H,4,6H2,1H3. The number of aromatic nitrogens is 3. The van der Waals surface area contributed by atoms with Crippen molar-refractivity contribution in [2.45, 2.75) is 19.5 Å². The van der Waals surface area contributed by atoms with Crippen molar-refractivity contribution in [3.8, 4) is 0 Å². The monoisotopic (exact) mass is 284 g/mol. The molecular formula is C10H13BrN4O. The minimum absolute atomic E-state index is 0.190. The molecule has 0 amide bonds. The fourth-order valence-electron chi connectivity index (χ4n) is 1.41. The predicted octanol–water partition coefficient (Wildman–Crippen LogP) is 1.98. The molecule has 1 atom stereocenters. The third-order valence-electron chi connectivity index (χ3n) is 2.28. The summed E-state index contributed by atoms with van der Waals surface area (Å²) in [5, 5.41) is 11.0. The number of halogens is 1. The third kappa shape index (κ3) is 2.93. The van der Waals surface area contributed by atoms with Gasteiger partial charge in [-0.15, -0.1) is 5.10 Å². The zero-order valence-electron chi connectivity index (χ0n) is 8.93. The molecule has 2 aromatic heterocycles. The first kappa shape index (κ1) is 11.3. The van der Waals surface area contributed by atoms with Crippen LogP contribution in [-0.4, -0.2) is 21.5 Å². The lowest BCUT2D eigenvalue weighted by molar-refractivity contribution is 0.407. The summed E-state index contributed by atoms with van der Waals surface area (Å²) in [6.07, 6.45) is 3.52. The van der Waals surface area contributed by atoms with E-state index >= 15 is 0 Å². The maximum atomic E-state index is 5.45. The maximum Gasteiger partial charge on any atom is 0.169 e. The fraction of sp³-hybridized carbons (Fsp3) is 0.400. The lowest BCUT2D eigenvalue weighted by Crippen LogP contribution is -2.23. The molecule has 0 aliphatic rings. The second-order valence-corrected chi connectivity index (χ2v) is 4.27. The number of nitrogens with one attached hydrogen (secondary N) is 1. The molecule has 0 saturated heterocycles. The molecule has 0 aliphatic heterocycles. The van der Waals surface area contributed by atoms with Crippen molar-refractivity contribution >= 4 is 15.9 Å². The van der Waals surface area contributed by atoms with Gasteiger partial charge >= 0.3 is 0 Å². The third-order valence-corrected chi connectivity index (χ3v) is 2.71. The van der Waals surface area contributed by atoms with E-state index < -0.39 is 0 Å². The number of furan rings is 1. The van der Waals surface area contributed by atoms with E-state index in [0.717, 1.165) is 23.5 Å². The van der Waals surface area contributed by atoms with Crippen molar-refractivity contribution in [2.75, 3.05) is 6.54 Å². The summed E-state index contributed by atoms with van der Waals surface area (Å²) in [7, 11) is 0. The van der Waals surface area contributed by atoms with Crippen LogP contribution in [0.1, 0.15) is 18.7 Å². The van der Waals surface area contributed by atoms with Crippen LogP contribution in [0.2, 0.25) is 0 Å². The van der Waals surface area contributed by atoms with Crippen LogP contribution < -0.4 is 5.32 Å². The highest BCUT2D eigenvalue weighted by atomic mass is 79.9. The Labute approximate surface area is 102 Å². The van der Waals surface area contributed by atoms with Gasteiger partial charge in [0.05, 0.1) is 18.8 Å². The largest absolute Gasteiger partial charge is 0.453 e. The lowest BCUT2D eigenvalue weighted by Gasteiger charge is -2.10. The van der Waals surface area contributed by atoms with E-state index in [1.165, 1.54) is 0 Å². The Kier molecular flexibility index (Phi) is 3.74. The summed E-state index contributed by atoms with van der Waals surface area (Å²) in [6.45, 7) is 3.68. The van der Waals surface area contributed by atoms with Crippen molar-refractivity contribution in [3.05, 3.63) is 35.0 Å². The molecule has 0 aromatic carbocycles. The Hall–Kier alpha value is -1.14. The van der Waals surface area contributed by atoms with Crippen molar-refractivity contribution < 1.29 is 4.42 Å². The van der Waals surface area contributed by atoms with E-state index in [4.69, 9.17) is 4.42 Å². The topological polar surface area (TPSA) is 55.9 Å². The van der Waals surface area contributed by atoms with Gasteiger partial charge in [0.25, 0.3) is 0 Å². The van der Waals surface area contributed by atoms with Gasteiger partial charge < -0.3 is 9.73 Å². The van der Waals surface area contributed by atoms with Gasteiger partial charge in [-0.05, 0) is 35.0 Å². The van der Waals surface area contributed by atoms with Crippen LogP contribution in [0.5, 0.6) is 0 Å². The Morgan fingerprint density at radius 1 is 1.56 bits per heavy atom. The number of hydrogen-bond donors (Lipinski definition) is 1. The molecule has 5 nitrogen and oxygen atoms in total. The van der Waals surface area contributed by atoms with Crippen LogP contribution in [0.3, 0.4) is 0 Å². The first-order chi connectivity index (χ1) is 7.75. The molecule has 16 heavy (non-hydrogen) atoms. The van der Waals surface area contributed by atoms with Gasteiger partial charge in [-0.25, -0.2) is 0 Å². The summed E-state index contributed by atoms with van der Waals surface area (Å²) in [5.41, 5.74) is 0.